The number of halogens is 2. The van der Waals surface area contributed by atoms with Gasteiger partial charge in [-0.15, -0.1) is 0 Å². The minimum absolute atomic E-state index is 0.123. The van der Waals surface area contributed by atoms with Crippen LogP contribution in [0.2, 0.25) is 10.0 Å². The molecule has 3 N–H and O–H groups in total. The van der Waals surface area contributed by atoms with Crippen molar-refractivity contribution in [2.45, 2.75) is 18.9 Å². The first kappa shape index (κ1) is 17.7. The summed E-state index contributed by atoms with van der Waals surface area (Å²) in [5.41, 5.74) is 0.555. The summed E-state index contributed by atoms with van der Waals surface area (Å²) in [5.74, 6) is -0.464. The molecule has 3 rings (SSSR count). The molecule has 0 saturated carbocycles. The Morgan fingerprint density at radius 1 is 1.20 bits per heavy atom. The standard InChI is InChI=1S/C16H17Cl2N5O2/c17-12-2-1-3-13(18)14(12)15(24)21-11-8-20-23(9-11)16(25)22-10-4-6-19-7-5-10/h1-3,8-10,19H,4-7H2,(H,21,24)(H,22,25). The summed E-state index contributed by atoms with van der Waals surface area (Å²) in [7, 11) is 0. The second-order valence-electron chi connectivity index (χ2n) is 5.70. The molecule has 1 aliphatic rings. The lowest BCUT2D eigenvalue weighted by molar-refractivity contribution is 0.102. The average Bonchev–Trinajstić information content (AvgIpc) is 3.04. The van der Waals surface area contributed by atoms with Gasteiger partial charge in [-0.3, -0.25) is 4.79 Å². The molecule has 0 bridgehead atoms. The van der Waals surface area contributed by atoms with E-state index in [0.717, 1.165) is 30.6 Å². The molecule has 132 valence electrons. The summed E-state index contributed by atoms with van der Waals surface area (Å²) < 4.78 is 1.16. The van der Waals surface area contributed by atoms with Gasteiger partial charge in [-0.25, -0.2) is 4.79 Å². The van der Waals surface area contributed by atoms with Gasteiger partial charge >= 0.3 is 6.03 Å². The van der Waals surface area contributed by atoms with E-state index in [1.165, 1.54) is 12.4 Å². The zero-order valence-electron chi connectivity index (χ0n) is 13.3. The van der Waals surface area contributed by atoms with E-state index in [1.807, 2.05) is 0 Å². The van der Waals surface area contributed by atoms with Crippen molar-refractivity contribution in [3.8, 4) is 0 Å². The normalized spacial score (nSPS) is 15.0. The van der Waals surface area contributed by atoms with Gasteiger partial charge in [-0.05, 0) is 38.1 Å². The highest BCUT2D eigenvalue weighted by atomic mass is 35.5. The van der Waals surface area contributed by atoms with Crippen LogP contribution >= 0.6 is 23.2 Å². The molecule has 0 unspecified atom stereocenters. The fourth-order valence-corrected chi connectivity index (χ4v) is 3.18. The first-order valence-corrected chi connectivity index (χ1v) is 8.62. The lowest BCUT2D eigenvalue weighted by Crippen LogP contribution is -2.44. The molecule has 1 aromatic carbocycles. The molecule has 2 heterocycles. The van der Waals surface area contributed by atoms with Crippen LogP contribution in [0.5, 0.6) is 0 Å². The lowest BCUT2D eigenvalue weighted by atomic mass is 10.1. The summed E-state index contributed by atoms with van der Waals surface area (Å²) in [6, 6.07) is 4.61. The van der Waals surface area contributed by atoms with Crippen molar-refractivity contribution in [3.05, 3.63) is 46.2 Å². The van der Waals surface area contributed by atoms with E-state index in [1.54, 1.807) is 18.2 Å². The van der Waals surface area contributed by atoms with Crippen LogP contribution in [-0.2, 0) is 0 Å². The molecule has 25 heavy (non-hydrogen) atoms. The number of carbonyl (C=O) groups is 2. The molecular formula is C16H17Cl2N5O2. The van der Waals surface area contributed by atoms with Crippen LogP contribution in [0.3, 0.4) is 0 Å². The Kier molecular flexibility index (Phi) is 5.57. The zero-order chi connectivity index (χ0) is 17.8. The van der Waals surface area contributed by atoms with Gasteiger partial charge in [-0.2, -0.15) is 9.78 Å². The van der Waals surface area contributed by atoms with Crippen molar-refractivity contribution >= 4 is 40.8 Å². The van der Waals surface area contributed by atoms with Crippen LogP contribution in [0.25, 0.3) is 0 Å². The maximum absolute atomic E-state index is 12.3. The molecule has 9 heteroatoms. The van der Waals surface area contributed by atoms with Crippen LogP contribution in [0.4, 0.5) is 10.5 Å². The monoisotopic (exact) mass is 381 g/mol. The van der Waals surface area contributed by atoms with Gasteiger partial charge in [0.25, 0.3) is 5.91 Å². The molecule has 2 amide bonds. The summed E-state index contributed by atoms with van der Waals surface area (Å²) in [5, 5.41) is 13.3. The highest BCUT2D eigenvalue weighted by molar-refractivity contribution is 6.40. The fraction of sp³-hybridized carbons (Fsp3) is 0.312. The van der Waals surface area contributed by atoms with Crippen molar-refractivity contribution in [1.29, 1.82) is 0 Å². The van der Waals surface area contributed by atoms with Crippen molar-refractivity contribution < 1.29 is 9.59 Å². The molecule has 0 radical (unpaired) electrons. The van der Waals surface area contributed by atoms with Crippen LogP contribution in [0, 0.1) is 0 Å². The van der Waals surface area contributed by atoms with E-state index >= 15 is 0 Å². The zero-order valence-corrected chi connectivity index (χ0v) is 14.8. The van der Waals surface area contributed by atoms with Crippen LogP contribution in [0.1, 0.15) is 23.2 Å². The molecule has 0 aliphatic carbocycles. The fourth-order valence-electron chi connectivity index (χ4n) is 2.61. The number of benzene rings is 1. The first-order valence-electron chi connectivity index (χ1n) is 7.86. The second-order valence-corrected chi connectivity index (χ2v) is 6.51. The maximum atomic E-state index is 12.3. The Labute approximate surface area is 154 Å². The number of nitrogens with one attached hydrogen (secondary N) is 3. The molecule has 1 aromatic heterocycles. The average molecular weight is 382 g/mol. The predicted molar refractivity (Wildman–Crippen MR) is 96.5 cm³/mol. The molecule has 1 fully saturated rings. The number of nitrogens with zero attached hydrogens (tertiary/aromatic N) is 2. The van der Waals surface area contributed by atoms with Crippen LogP contribution in [0.15, 0.2) is 30.6 Å². The van der Waals surface area contributed by atoms with Gasteiger partial charge in [-0.1, -0.05) is 29.3 Å². The molecule has 7 nitrogen and oxygen atoms in total. The third-order valence-corrected chi connectivity index (χ3v) is 4.54. The summed E-state index contributed by atoms with van der Waals surface area (Å²) in [4.78, 5) is 24.5. The maximum Gasteiger partial charge on any atom is 0.342 e. The summed E-state index contributed by atoms with van der Waals surface area (Å²) in [6.07, 6.45) is 4.59. The Hall–Kier alpha value is -2.09. The van der Waals surface area contributed by atoms with Gasteiger partial charge in [0.15, 0.2) is 0 Å². The van der Waals surface area contributed by atoms with Crippen molar-refractivity contribution in [3.63, 3.8) is 0 Å². The Bertz CT molecular complexity index is 766. The van der Waals surface area contributed by atoms with E-state index in [4.69, 9.17) is 23.2 Å². The number of rotatable bonds is 3. The van der Waals surface area contributed by atoms with E-state index in [0.29, 0.717) is 5.69 Å². The first-order chi connectivity index (χ1) is 12.0. The predicted octanol–water partition coefficient (Wildman–Crippen LogP) is 2.75. The SMILES string of the molecule is O=C(Nc1cnn(C(=O)NC2CCNCC2)c1)c1c(Cl)cccc1Cl. The second kappa shape index (κ2) is 7.86. The Balaban J connectivity index is 1.65. The number of aromatic nitrogens is 2. The minimum atomic E-state index is -0.464. The van der Waals surface area contributed by atoms with Crippen molar-refractivity contribution in [2.75, 3.05) is 18.4 Å². The van der Waals surface area contributed by atoms with Gasteiger partial charge in [0.05, 0.1) is 33.7 Å². The number of carbonyl (C=O) groups excluding carboxylic acids is 2. The number of hydrogen-bond acceptors (Lipinski definition) is 4. The quantitative estimate of drug-likeness (QED) is 0.762. The molecule has 1 aliphatic heterocycles. The van der Waals surface area contributed by atoms with Crippen LogP contribution in [-0.4, -0.2) is 40.9 Å². The highest BCUT2D eigenvalue weighted by Gasteiger charge is 2.18. The van der Waals surface area contributed by atoms with Crippen molar-refractivity contribution in [2.24, 2.45) is 0 Å². The highest BCUT2D eigenvalue weighted by Crippen LogP contribution is 2.25. The van der Waals surface area contributed by atoms with Gasteiger partial charge in [0.1, 0.15) is 0 Å². The molecule has 2 aromatic rings. The van der Waals surface area contributed by atoms with Gasteiger partial charge in [0.2, 0.25) is 0 Å². The molecule has 1 saturated heterocycles. The summed E-state index contributed by atoms with van der Waals surface area (Å²) in [6.45, 7) is 1.76. The van der Waals surface area contributed by atoms with E-state index < -0.39 is 5.91 Å². The largest absolute Gasteiger partial charge is 0.342 e. The van der Waals surface area contributed by atoms with E-state index in [9.17, 15) is 9.59 Å². The Morgan fingerprint density at radius 3 is 2.56 bits per heavy atom. The smallest absolute Gasteiger partial charge is 0.333 e. The topological polar surface area (TPSA) is 88.0 Å². The third kappa shape index (κ3) is 4.31. The van der Waals surface area contributed by atoms with E-state index in [2.05, 4.69) is 21.0 Å². The lowest BCUT2D eigenvalue weighted by Gasteiger charge is -2.23. The molecule has 0 atom stereocenters. The number of anilines is 1. The molecular weight excluding hydrogens is 365 g/mol. The van der Waals surface area contributed by atoms with Crippen molar-refractivity contribution in [1.82, 2.24) is 20.4 Å². The number of amides is 2. The van der Waals surface area contributed by atoms with E-state index in [-0.39, 0.29) is 27.7 Å². The van der Waals surface area contributed by atoms with Gasteiger partial charge < -0.3 is 16.0 Å². The third-order valence-electron chi connectivity index (χ3n) is 3.91. The Morgan fingerprint density at radius 2 is 1.88 bits per heavy atom. The number of hydrogen-bond donors (Lipinski definition) is 3. The van der Waals surface area contributed by atoms with Gasteiger partial charge in [0, 0.05) is 6.04 Å². The van der Waals surface area contributed by atoms with Crippen LogP contribution < -0.4 is 16.0 Å². The number of piperidine rings is 1. The summed E-state index contributed by atoms with van der Waals surface area (Å²) >= 11 is 12.0. The minimum Gasteiger partial charge on any atom is -0.333 e. The molecule has 0 spiro atoms.